The molecule has 76 valence electrons. The fourth-order valence-corrected chi connectivity index (χ4v) is 0.990. The Labute approximate surface area is 102 Å². The zero-order valence-corrected chi connectivity index (χ0v) is 11.9. The molecular formula is C11H14O3Zn+2. The molecule has 0 saturated heterocycles. The fourth-order valence-electron chi connectivity index (χ4n) is 0.990. The van der Waals surface area contributed by atoms with E-state index in [9.17, 15) is 4.79 Å². The van der Waals surface area contributed by atoms with E-state index < -0.39 is 0 Å². The summed E-state index contributed by atoms with van der Waals surface area (Å²) in [4.78, 5) is 11.3. The van der Waals surface area contributed by atoms with Gasteiger partial charge in [-0.25, -0.2) is 4.79 Å². The van der Waals surface area contributed by atoms with Crippen LogP contribution in [-0.4, -0.2) is 17.7 Å². The van der Waals surface area contributed by atoms with Crippen molar-refractivity contribution in [3.63, 3.8) is 0 Å². The molecule has 1 aromatic rings. The van der Waals surface area contributed by atoms with E-state index in [1.54, 1.807) is 12.1 Å². The van der Waals surface area contributed by atoms with E-state index in [4.69, 9.17) is 9.84 Å². The predicted molar refractivity (Wildman–Crippen MR) is 53.3 cm³/mol. The molecule has 0 aliphatic heterocycles. The Morgan fingerprint density at radius 3 is 2.47 bits per heavy atom. The number of ether oxygens (including phenoxy) is 1. The molecule has 0 saturated carbocycles. The van der Waals surface area contributed by atoms with Crippen LogP contribution in [0.25, 0.3) is 0 Å². The number of phenols is 1. The molecule has 0 aliphatic rings. The van der Waals surface area contributed by atoms with Crippen molar-refractivity contribution in [2.75, 3.05) is 6.61 Å². The van der Waals surface area contributed by atoms with Crippen LogP contribution < -0.4 is 0 Å². The van der Waals surface area contributed by atoms with Gasteiger partial charge >= 0.3 is 25.4 Å². The minimum absolute atomic E-state index is 0. The minimum Gasteiger partial charge on any atom is -0.508 e. The van der Waals surface area contributed by atoms with Crippen LogP contribution in [0.3, 0.4) is 0 Å². The van der Waals surface area contributed by atoms with Crippen LogP contribution in [0.5, 0.6) is 5.75 Å². The summed E-state index contributed by atoms with van der Waals surface area (Å²) < 4.78 is 4.99. The number of unbranched alkanes of at least 4 members (excludes halogenated alkanes) is 1. The molecule has 0 heterocycles. The van der Waals surface area contributed by atoms with E-state index in [1.807, 2.05) is 6.92 Å². The fraction of sp³-hybridized carbons (Fsp3) is 0.364. The van der Waals surface area contributed by atoms with Gasteiger partial charge in [-0.05, 0) is 30.7 Å². The average Bonchev–Trinajstić information content (AvgIpc) is 2.19. The van der Waals surface area contributed by atoms with Gasteiger partial charge in [-0.2, -0.15) is 0 Å². The molecule has 0 bridgehead atoms. The molecule has 1 N–H and O–H groups in total. The third-order valence-corrected chi connectivity index (χ3v) is 1.83. The number of carbonyl (C=O) groups is 1. The molecule has 0 spiro atoms. The molecule has 4 heteroatoms. The molecule has 1 rings (SSSR count). The van der Waals surface area contributed by atoms with Gasteiger partial charge in [0.2, 0.25) is 0 Å². The zero-order chi connectivity index (χ0) is 10.4. The number of hydrogen-bond donors (Lipinski definition) is 1. The van der Waals surface area contributed by atoms with Crippen molar-refractivity contribution < 1.29 is 34.1 Å². The van der Waals surface area contributed by atoms with Crippen molar-refractivity contribution in [3.05, 3.63) is 29.8 Å². The number of aromatic hydroxyl groups is 1. The van der Waals surface area contributed by atoms with Gasteiger partial charge in [0, 0.05) is 0 Å². The minimum atomic E-state index is -0.335. The van der Waals surface area contributed by atoms with E-state index >= 15 is 0 Å². The summed E-state index contributed by atoms with van der Waals surface area (Å²) in [6.45, 7) is 2.49. The zero-order valence-electron chi connectivity index (χ0n) is 8.90. The Morgan fingerprint density at radius 1 is 1.33 bits per heavy atom. The molecule has 0 aromatic heterocycles. The number of rotatable bonds is 4. The van der Waals surface area contributed by atoms with E-state index in [0.717, 1.165) is 12.8 Å². The monoisotopic (exact) mass is 258 g/mol. The van der Waals surface area contributed by atoms with Gasteiger partial charge < -0.3 is 9.84 Å². The number of phenolic OH excluding ortho intramolecular Hbond substituents is 1. The van der Waals surface area contributed by atoms with Crippen LogP contribution in [0.1, 0.15) is 30.1 Å². The van der Waals surface area contributed by atoms with Crippen molar-refractivity contribution in [2.45, 2.75) is 19.8 Å². The first-order valence-corrected chi connectivity index (χ1v) is 4.70. The Bertz CT molecular complexity index is 295. The van der Waals surface area contributed by atoms with Gasteiger partial charge in [0.25, 0.3) is 0 Å². The van der Waals surface area contributed by atoms with Gasteiger partial charge in [-0.3, -0.25) is 0 Å². The van der Waals surface area contributed by atoms with E-state index in [0.29, 0.717) is 12.2 Å². The van der Waals surface area contributed by atoms with Crippen LogP contribution in [0.4, 0.5) is 0 Å². The predicted octanol–water partition coefficient (Wildman–Crippen LogP) is 2.35. The van der Waals surface area contributed by atoms with Crippen LogP contribution in [0.15, 0.2) is 24.3 Å². The summed E-state index contributed by atoms with van der Waals surface area (Å²) in [7, 11) is 0. The van der Waals surface area contributed by atoms with E-state index in [2.05, 4.69) is 0 Å². The first kappa shape index (κ1) is 14.1. The van der Waals surface area contributed by atoms with Crippen molar-refractivity contribution in [1.82, 2.24) is 0 Å². The topological polar surface area (TPSA) is 46.5 Å². The van der Waals surface area contributed by atoms with Gasteiger partial charge in [-0.15, -0.1) is 0 Å². The van der Waals surface area contributed by atoms with E-state index in [-0.39, 0.29) is 31.2 Å². The molecular weight excluding hydrogens is 246 g/mol. The molecule has 0 fully saturated rings. The molecule has 0 unspecified atom stereocenters. The molecule has 0 amide bonds. The second-order valence-electron chi connectivity index (χ2n) is 3.04. The summed E-state index contributed by atoms with van der Waals surface area (Å²) >= 11 is 0. The third-order valence-electron chi connectivity index (χ3n) is 1.83. The largest absolute Gasteiger partial charge is 2.00 e. The van der Waals surface area contributed by atoms with Gasteiger partial charge in [-0.1, -0.05) is 13.3 Å². The summed E-state index contributed by atoms with van der Waals surface area (Å²) in [5.41, 5.74) is 0.471. The van der Waals surface area contributed by atoms with E-state index in [1.165, 1.54) is 12.1 Å². The number of carbonyl (C=O) groups excluding carboxylic acids is 1. The SMILES string of the molecule is CCCCOC(=O)c1ccc(O)cc1.[Zn+2]. The quantitative estimate of drug-likeness (QED) is 0.513. The maximum atomic E-state index is 11.3. The Kier molecular flexibility index (Phi) is 6.97. The van der Waals surface area contributed by atoms with Gasteiger partial charge in [0.15, 0.2) is 0 Å². The second kappa shape index (κ2) is 7.41. The number of esters is 1. The number of benzene rings is 1. The van der Waals surface area contributed by atoms with Crippen molar-refractivity contribution in [3.8, 4) is 5.75 Å². The van der Waals surface area contributed by atoms with Crippen molar-refractivity contribution in [2.24, 2.45) is 0 Å². The van der Waals surface area contributed by atoms with Crippen molar-refractivity contribution in [1.29, 1.82) is 0 Å². The molecule has 15 heavy (non-hydrogen) atoms. The third kappa shape index (κ3) is 4.94. The van der Waals surface area contributed by atoms with Gasteiger partial charge in [0.05, 0.1) is 12.2 Å². The molecule has 3 nitrogen and oxygen atoms in total. The maximum Gasteiger partial charge on any atom is 2.00 e. The van der Waals surface area contributed by atoms with Crippen LogP contribution in [0, 0.1) is 0 Å². The first-order chi connectivity index (χ1) is 6.74. The Hall–Kier alpha value is -0.887. The summed E-state index contributed by atoms with van der Waals surface area (Å²) in [5.74, 6) is -0.187. The standard InChI is InChI=1S/C11H14O3.Zn/c1-2-3-8-14-11(13)9-4-6-10(12)7-5-9;/h4-7,12H,2-3,8H2,1H3;/q;+2. The summed E-state index contributed by atoms with van der Waals surface area (Å²) in [5, 5.41) is 9.00. The maximum absolute atomic E-state index is 11.3. The van der Waals surface area contributed by atoms with Crippen molar-refractivity contribution >= 4 is 5.97 Å². The van der Waals surface area contributed by atoms with Crippen LogP contribution in [0.2, 0.25) is 0 Å². The summed E-state index contributed by atoms with van der Waals surface area (Å²) in [6, 6.07) is 6.03. The number of hydrogen-bond acceptors (Lipinski definition) is 3. The Balaban J connectivity index is 0.00000196. The van der Waals surface area contributed by atoms with Crippen LogP contribution in [-0.2, 0) is 24.2 Å². The van der Waals surface area contributed by atoms with Gasteiger partial charge in [0.1, 0.15) is 5.75 Å². The molecule has 0 aliphatic carbocycles. The molecule has 0 atom stereocenters. The van der Waals surface area contributed by atoms with Crippen LogP contribution >= 0.6 is 0 Å². The average molecular weight is 260 g/mol. The first-order valence-electron chi connectivity index (χ1n) is 4.70. The molecule has 0 radical (unpaired) electrons. The smallest absolute Gasteiger partial charge is 0.508 e. The molecule has 1 aromatic carbocycles. The Morgan fingerprint density at radius 2 is 1.93 bits per heavy atom. The normalized spacial score (nSPS) is 9.13. The summed E-state index contributed by atoms with van der Waals surface area (Å²) in [6.07, 6.45) is 1.88. The second-order valence-corrected chi connectivity index (χ2v) is 3.04.